The molecular weight excluding hydrogens is 316 g/mol. The highest BCUT2D eigenvalue weighted by Gasteiger charge is 2.42. The number of carbonyl (C=O) groups is 1. The molecule has 25 heavy (non-hydrogen) atoms. The molecule has 1 saturated carbocycles. The summed E-state index contributed by atoms with van der Waals surface area (Å²) in [6.45, 7) is 4.81. The Balaban J connectivity index is 1.29. The Morgan fingerprint density at radius 3 is 2.68 bits per heavy atom. The van der Waals surface area contributed by atoms with Crippen molar-refractivity contribution in [1.29, 1.82) is 0 Å². The zero-order valence-electron chi connectivity index (χ0n) is 15.3. The maximum absolute atomic E-state index is 13.0. The quantitative estimate of drug-likeness (QED) is 0.887. The van der Waals surface area contributed by atoms with Gasteiger partial charge in [0.15, 0.2) is 5.82 Å². The SMILES string of the molecule is CCC1(C(=O)N2CCC(Cc3nc(C4CCC4)no3)CC2)CCCN1. The summed E-state index contributed by atoms with van der Waals surface area (Å²) in [7, 11) is 0. The van der Waals surface area contributed by atoms with Gasteiger partial charge in [0.05, 0.1) is 5.54 Å². The van der Waals surface area contributed by atoms with Crippen LogP contribution in [0.4, 0.5) is 0 Å². The first-order valence-electron chi connectivity index (χ1n) is 10.1. The van der Waals surface area contributed by atoms with Crippen molar-refractivity contribution >= 4 is 5.91 Å². The van der Waals surface area contributed by atoms with E-state index in [2.05, 4.69) is 27.3 Å². The van der Waals surface area contributed by atoms with Gasteiger partial charge in [0.2, 0.25) is 11.8 Å². The lowest BCUT2D eigenvalue weighted by atomic mass is 9.85. The van der Waals surface area contributed by atoms with Crippen molar-refractivity contribution in [3.8, 4) is 0 Å². The van der Waals surface area contributed by atoms with Crippen LogP contribution in [0.25, 0.3) is 0 Å². The minimum Gasteiger partial charge on any atom is -0.341 e. The topological polar surface area (TPSA) is 71.3 Å². The third-order valence-electron chi connectivity index (χ3n) is 6.58. The largest absolute Gasteiger partial charge is 0.341 e. The molecule has 3 fully saturated rings. The molecule has 0 radical (unpaired) electrons. The molecule has 0 aromatic carbocycles. The van der Waals surface area contributed by atoms with Crippen molar-refractivity contribution in [2.24, 2.45) is 5.92 Å². The summed E-state index contributed by atoms with van der Waals surface area (Å²) >= 11 is 0. The Kier molecular flexibility index (Phi) is 4.80. The first-order valence-corrected chi connectivity index (χ1v) is 10.1. The molecule has 0 bridgehead atoms. The van der Waals surface area contributed by atoms with E-state index in [-0.39, 0.29) is 5.54 Å². The number of amides is 1. The maximum Gasteiger partial charge on any atom is 0.242 e. The van der Waals surface area contributed by atoms with Gasteiger partial charge in [-0.05, 0) is 57.4 Å². The predicted octanol–water partition coefficient (Wildman–Crippen LogP) is 2.65. The number of carbonyl (C=O) groups excluding carboxylic acids is 1. The van der Waals surface area contributed by atoms with E-state index in [1.807, 2.05) is 0 Å². The summed E-state index contributed by atoms with van der Waals surface area (Å²) in [5.74, 6) is 3.09. The molecule has 1 aliphatic carbocycles. The van der Waals surface area contributed by atoms with Crippen molar-refractivity contribution in [3.05, 3.63) is 11.7 Å². The van der Waals surface area contributed by atoms with Gasteiger partial charge in [-0.1, -0.05) is 18.5 Å². The fourth-order valence-corrected chi connectivity index (χ4v) is 4.51. The summed E-state index contributed by atoms with van der Waals surface area (Å²) in [6, 6.07) is 0. The summed E-state index contributed by atoms with van der Waals surface area (Å²) in [4.78, 5) is 19.6. The molecule has 0 spiro atoms. The van der Waals surface area contributed by atoms with Crippen LogP contribution in [0.5, 0.6) is 0 Å². The van der Waals surface area contributed by atoms with Crippen molar-refractivity contribution < 1.29 is 9.32 Å². The van der Waals surface area contributed by atoms with Gasteiger partial charge in [-0.15, -0.1) is 0 Å². The molecule has 1 unspecified atom stereocenters. The van der Waals surface area contributed by atoms with Gasteiger partial charge in [-0.25, -0.2) is 0 Å². The number of aromatic nitrogens is 2. The van der Waals surface area contributed by atoms with Crippen LogP contribution in [0.1, 0.15) is 75.9 Å². The molecule has 6 nitrogen and oxygen atoms in total. The second-order valence-corrected chi connectivity index (χ2v) is 8.08. The molecule has 3 aliphatic rings. The number of hydrogen-bond donors (Lipinski definition) is 1. The Morgan fingerprint density at radius 1 is 1.28 bits per heavy atom. The van der Waals surface area contributed by atoms with Crippen LogP contribution >= 0.6 is 0 Å². The van der Waals surface area contributed by atoms with Gasteiger partial charge >= 0.3 is 0 Å². The fourth-order valence-electron chi connectivity index (χ4n) is 4.51. The molecule has 138 valence electrons. The number of likely N-dealkylation sites (tertiary alicyclic amines) is 1. The van der Waals surface area contributed by atoms with Crippen molar-refractivity contribution in [3.63, 3.8) is 0 Å². The lowest BCUT2D eigenvalue weighted by molar-refractivity contribution is -0.139. The molecule has 2 aliphatic heterocycles. The van der Waals surface area contributed by atoms with Crippen molar-refractivity contribution in [1.82, 2.24) is 20.4 Å². The van der Waals surface area contributed by atoms with Gasteiger partial charge < -0.3 is 14.7 Å². The van der Waals surface area contributed by atoms with E-state index in [1.54, 1.807) is 0 Å². The Hall–Kier alpha value is -1.43. The summed E-state index contributed by atoms with van der Waals surface area (Å²) in [6.07, 6.45) is 9.59. The number of rotatable bonds is 5. The standard InChI is InChI=1S/C19H30N4O2/c1-2-19(9-4-10-20-19)18(24)23-11-7-14(8-12-23)13-16-21-17(22-25-16)15-5-3-6-15/h14-15,20H,2-13H2,1H3. The second-order valence-electron chi connectivity index (χ2n) is 8.08. The van der Waals surface area contributed by atoms with Crippen LogP contribution in [-0.2, 0) is 11.2 Å². The molecule has 1 N–H and O–H groups in total. The van der Waals surface area contributed by atoms with Crippen LogP contribution in [0.3, 0.4) is 0 Å². The number of piperidine rings is 1. The van der Waals surface area contributed by atoms with Crippen LogP contribution in [0, 0.1) is 5.92 Å². The maximum atomic E-state index is 13.0. The van der Waals surface area contributed by atoms with Crippen molar-refractivity contribution in [2.75, 3.05) is 19.6 Å². The smallest absolute Gasteiger partial charge is 0.242 e. The monoisotopic (exact) mass is 346 g/mol. The summed E-state index contributed by atoms with van der Waals surface area (Å²) < 4.78 is 5.46. The van der Waals surface area contributed by atoms with Gasteiger partial charge in [0.1, 0.15) is 0 Å². The predicted molar refractivity (Wildman–Crippen MR) is 94.2 cm³/mol. The van der Waals surface area contributed by atoms with Crippen LogP contribution in [0.2, 0.25) is 0 Å². The van der Waals surface area contributed by atoms with Crippen LogP contribution < -0.4 is 5.32 Å². The lowest BCUT2D eigenvalue weighted by Crippen LogP contribution is -2.56. The number of nitrogens with zero attached hydrogens (tertiary/aromatic N) is 3. The molecule has 1 aromatic heterocycles. The first kappa shape index (κ1) is 17.0. The average molecular weight is 346 g/mol. The van der Waals surface area contributed by atoms with Crippen LogP contribution in [-0.4, -0.2) is 46.1 Å². The molecule has 6 heteroatoms. The zero-order chi connectivity index (χ0) is 17.3. The van der Waals surface area contributed by atoms with Gasteiger partial charge in [0.25, 0.3) is 0 Å². The second kappa shape index (κ2) is 7.06. The summed E-state index contributed by atoms with van der Waals surface area (Å²) in [5, 5.41) is 7.63. The first-order chi connectivity index (χ1) is 12.2. The highest BCUT2D eigenvalue weighted by Crippen LogP contribution is 2.35. The third kappa shape index (κ3) is 3.33. The van der Waals surface area contributed by atoms with E-state index in [1.165, 1.54) is 19.3 Å². The van der Waals surface area contributed by atoms with Crippen LogP contribution in [0.15, 0.2) is 4.52 Å². The van der Waals surface area contributed by atoms with E-state index in [0.717, 1.165) is 69.9 Å². The fraction of sp³-hybridized carbons (Fsp3) is 0.842. The van der Waals surface area contributed by atoms with E-state index in [9.17, 15) is 4.79 Å². The minimum atomic E-state index is -0.295. The molecule has 1 amide bonds. The molecule has 3 heterocycles. The lowest BCUT2D eigenvalue weighted by Gasteiger charge is -2.38. The van der Waals surface area contributed by atoms with Gasteiger partial charge in [-0.3, -0.25) is 4.79 Å². The number of hydrogen-bond acceptors (Lipinski definition) is 5. The van der Waals surface area contributed by atoms with Gasteiger partial charge in [0, 0.05) is 25.4 Å². The normalized spacial score (nSPS) is 28.3. The van der Waals surface area contributed by atoms with E-state index in [4.69, 9.17) is 4.52 Å². The summed E-state index contributed by atoms with van der Waals surface area (Å²) in [5.41, 5.74) is -0.295. The molecule has 2 saturated heterocycles. The van der Waals surface area contributed by atoms with Crippen molar-refractivity contribution in [2.45, 2.75) is 76.2 Å². The van der Waals surface area contributed by atoms with Gasteiger partial charge in [-0.2, -0.15) is 4.98 Å². The molecule has 1 aromatic rings. The Labute approximate surface area is 149 Å². The number of nitrogens with one attached hydrogen (secondary N) is 1. The zero-order valence-corrected chi connectivity index (χ0v) is 15.3. The van der Waals surface area contributed by atoms with E-state index < -0.39 is 0 Å². The van der Waals surface area contributed by atoms with E-state index >= 15 is 0 Å². The highest BCUT2D eigenvalue weighted by molar-refractivity contribution is 5.86. The molecule has 1 atom stereocenters. The molecule has 4 rings (SSSR count). The highest BCUT2D eigenvalue weighted by atomic mass is 16.5. The Bertz CT molecular complexity index is 596. The molecular formula is C19H30N4O2. The van der Waals surface area contributed by atoms with E-state index in [0.29, 0.717) is 17.7 Å². The average Bonchev–Trinajstić information content (AvgIpc) is 3.24. The third-order valence-corrected chi connectivity index (χ3v) is 6.58. The Morgan fingerprint density at radius 2 is 2.08 bits per heavy atom. The minimum absolute atomic E-state index is 0.295.